The third-order valence-electron chi connectivity index (χ3n) is 3.69. The van der Waals surface area contributed by atoms with Gasteiger partial charge in [-0.25, -0.2) is 0 Å². The minimum absolute atomic E-state index is 0.123. The molecule has 0 aliphatic heterocycles. The summed E-state index contributed by atoms with van der Waals surface area (Å²) in [6, 6.07) is 8.70. The molecular formula is C15H20N2O. The van der Waals surface area contributed by atoms with Crippen molar-refractivity contribution in [2.24, 2.45) is 5.41 Å². The smallest absolute Gasteiger partial charge is 0.142 e. The van der Waals surface area contributed by atoms with Crippen molar-refractivity contribution in [2.45, 2.75) is 26.2 Å². The topological polar surface area (TPSA) is 36.3 Å². The van der Waals surface area contributed by atoms with Crippen LogP contribution in [0.3, 0.4) is 0 Å². The number of aryl methyl sites for hydroxylation is 1. The van der Waals surface area contributed by atoms with Crippen LogP contribution in [0, 0.1) is 16.7 Å². The molecule has 1 aliphatic carbocycles. The Kier molecular flexibility index (Phi) is 3.47. The predicted octanol–water partition coefficient (Wildman–Crippen LogP) is 3.00. The Bertz CT molecular complexity index is 472. The van der Waals surface area contributed by atoms with Gasteiger partial charge in [0.1, 0.15) is 5.75 Å². The quantitative estimate of drug-likeness (QED) is 0.799. The highest BCUT2D eigenvalue weighted by molar-refractivity contribution is 5.60. The second-order valence-electron chi connectivity index (χ2n) is 5.11. The summed E-state index contributed by atoms with van der Waals surface area (Å²) in [5.74, 6) is 0.878. The van der Waals surface area contributed by atoms with Gasteiger partial charge in [0.25, 0.3) is 0 Å². The Morgan fingerprint density at radius 2 is 2.17 bits per heavy atom. The number of hydrogen-bond donors (Lipinski definition) is 0. The highest BCUT2D eigenvalue weighted by Gasteiger charge is 2.44. The molecule has 0 spiro atoms. The molecule has 0 amide bonds. The van der Waals surface area contributed by atoms with E-state index in [1.165, 1.54) is 5.56 Å². The van der Waals surface area contributed by atoms with Gasteiger partial charge in [0.2, 0.25) is 0 Å². The molecule has 1 aliphatic rings. The molecule has 0 radical (unpaired) electrons. The lowest BCUT2D eigenvalue weighted by Gasteiger charge is -2.24. The van der Waals surface area contributed by atoms with E-state index < -0.39 is 0 Å². The molecule has 96 valence electrons. The average Bonchev–Trinajstić information content (AvgIpc) is 3.18. The zero-order valence-corrected chi connectivity index (χ0v) is 11.4. The zero-order valence-electron chi connectivity index (χ0n) is 11.4. The van der Waals surface area contributed by atoms with Gasteiger partial charge < -0.3 is 9.64 Å². The van der Waals surface area contributed by atoms with E-state index in [0.717, 1.165) is 37.2 Å². The van der Waals surface area contributed by atoms with E-state index in [1.807, 2.05) is 13.1 Å². The first kappa shape index (κ1) is 12.8. The van der Waals surface area contributed by atoms with Crippen molar-refractivity contribution in [3.63, 3.8) is 0 Å². The van der Waals surface area contributed by atoms with E-state index in [0.29, 0.717) is 0 Å². The van der Waals surface area contributed by atoms with Crippen molar-refractivity contribution < 1.29 is 4.74 Å². The van der Waals surface area contributed by atoms with Crippen LogP contribution in [0.5, 0.6) is 5.75 Å². The molecule has 0 saturated heterocycles. The molecule has 3 nitrogen and oxygen atoms in total. The number of ether oxygens (including phenoxy) is 1. The summed E-state index contributed by atoms with van der Waals surface area (Å²) in [6.45, 7) is 2.93. The van der Waals surface area contributed by atoms with Crippen LogP contribution in [0.4, 0.5) is 5.69 Å². The lowest BCUT2D eigenvalue weighted by atomic mass is 10.1. The van der Waals surface area contributed by atoms with Gasteiger partial charge in [0.05, 0.1) is 24.3 Å². The first-order valence-corrected chi connectivity index (χ1v) is 6.43. The Balaban J connectivity index is 2.22. The maximum Gasteiger partial charge on any atom is 0.142 e. The van der Waals surface area contributed by atoms with Crippen LogP contribution in [0.25, 0.3) is 0 Å². The summed E-state index contributed by atoms with van der Waals surface area (Å²) < 4.78 is 5.41. The van der Waals surface area contributed by atoms with Gasteiger partial charge in [0.15, 0.2) is 0 Å². The fraction of sp³-hybridized carbons (Fsp3) is 0.533. The van der Waals surface area contributed by atoms with Gasteiger partial charge in [-0.3, -0.25) is 0 Å². The summed E-state index contributed by atoms with van der Waals surface area (Å²) in [4.78, 5) is 2.15. The van der Waals surface area contributed by atoms with Gasteiger partial charge in [-0.1, -0.05) is 13.0 Å². The lowest BCUT2D eigenvalue weighted by Crippen LogP contribution is -2.26. The second-order valence-corrected chi connectivity index (χ2v) is 5.11. The molecule has 0 N–H and O–H groups in total. The van der Waals surface area contributed by atoms with Crippen molar-refractivity contribution in [1.29, 1.82) is 5.26 Å². The molecule has 3 heteroatoms. The van der Waals surface area contributed by atoms with E-state index in [9.17, 15) is 5.26 Å². The second kappa shape index (κ2) is 4.89. The molecule has 1 aromatic rings. The number of anilines is 1. The van der Waals surface area contributed by atoms with Crippen molar-refractivity contribution in [3.05, 3.63) is 23.8 Å². The van der Waals surface area contributed by atoms with Gasteiger partial charge in [-0.05, 0) is 37.0 Å². The Labute approximate surface area is 109 Å². The summed E-state index contributed by atoms with van der Waals surface area (Å²) in [5, 5.41) is 9.17. The summed E-state index contributed by atoms with van der Waals surface area (Å²) >= 11 is 0. The number of hydrogen-bond acceptors (Lipinski definition) is 3. The minimum Gasteiger partial charge on any atom is -0.495 e. The van der Waals surface area contributed by atoms with E-state index in [1.54, 1.807) is 7.11 Å². The van der Waals surface area contributed by atoms with Crippen LogP contribution in [0.15, 0.2) is 18.2 Å². The molecule has 1 saturated carbocycles. The highest BCUT2D eigenvalue weighted by Crippen LogP contribution is 2.46. The Morgan fingerprint density at radius 3 is 2.67 bits per heavy atom. The minimum atomic E-state index is -0.123. The standard InChI is InChI=1S/C15H20N2O/c1-4-12-5-6-14(18-3)13(9-12)17(2)11-15(10-16)7-8-15/h5-6,9H,4,7-8,11H2,1-3H3. The van der Waals surface area contributed by atoms with E-state index in [4.69, 9.17) is 4.74 Å². The predicted molar refractivity (Wildman–Crippen MR) is 72.9 cm³/mol. The number of benzene rings is 1. The van der Waals surface area contributed by atoms with Gasteiger partial charge >= 0.3 is 0 Å². The number of methoxy groups -OCH3 is 1. The van der Waals surface area contributed by atoms with Crippen LogP contribution in [-0.2, 0) is 6.42 Å². The molecule has 0 bridgehead atoms. The Hall–Kier alpha value is -1.69. The maximum atomic E-state index is 9.17. The van der Waals surface area contributed by atoms with E-state index in [2.05, 4.69) is 30.0 Å². The zero-order chi connectivity index (χ0) is 13.2. The normalized spacial score (nSPS) is 15.9. The van der Waals surface area contributed by atoms with Gasteiger partial charge in [-0.15, -0.1) is 0 Å². The summed E-state index contributed by atoms with van der Waals surface area (Å²) in [5.41, 5.74) is 2.25. The molecule has 18 heavy (non-hydrogen) atoms. The van der Waals surface area contributed by atoms with Crippen molar-refractivity contribution >= 4 is 5.69 Å². The molecule has 0 heterocycles. The third kappa shape index (κ3) is 2.43. The molecule has 1 fully saturated rings. The Morgan fingerprint density at radius 1 is 1.44 bits per heavy atom. The van der Waals surface area contributed by atoms with Gasteiger partial charge in [-0.2, -0.15) is 5.26 Å². The van der Waals surface area contributed by atoms with Crippen LogP contribution < -0.4 is 9.64 Å². The molecule has 0 aromatic heterocycles. The van der Waals surface area contributed by atoms with Crippen molar-refractivity contribution in [2.75, 3.05) is 25.6 Å². The fourth-order valence-corrected chi connectivity index (χ4v) is 2.25. The van der Waals surface area contributed by atoms with Crippen LogP contribution in [0.1, 0.15) is 25.3 Å². The SMILES string of the molecule is CCc1ccc(OC)c(N(C)CC2(C#N)CC2)c1. The molecular weight excluding hydrogens is 224 g/mol. The first-order chi connectivity index (χ1) is 8.64. The number of nitriles is 1. The molecule has 1 aromatic carbocycles. The molecule has 0 atom stereocenters. The van der Waals surface area contributed by atoms with Crippen molar-refractivity contribution in [1.82, 2.24) is 0 Å². The highest BCUT2D eigenvalue weighted by atomic mass is 16.5. The van der Waals surface area contributed by atoms with Crippen molar-refractivity contribution in [3.8, 4) is 11.8 Å². The largest absolute Gasteiger partial charge is 0.495 e. The monoisotopic (exact) mass is 244 g/mol. The van der Waals surface area contributed by atoms with E-state index in [-0.39, 0.29) is 5.41 Å². The third-order valence-corrected chi connectivity index (χ3v) is 3.69. The first-order valence-electron chi connectivity index (χ1n) is 6.43. The van der Waals surface area contributed by atoms with Crippen LogP contribution in [-0.4, -0.2) is 20.7 Å². The molecule has 0 unspecified atom stereocenters. The van der Waals surface area contributed by atoms with Crippen LogP contribution >= 0.6 is 0 Å². The molecule has 2 rings (SSSR count). The maximum absolute atomic E-state index is 9.17. The van der Waals surface area contributed by atoms with E-state index >= 15 is 0 Å². The average molecular weight is 244 g/mol. The summed E-state index contributed by atoms with van der Waals surface area (Å²) in [7, 11) is 3.73. The lowest BCUT2D eigenvalue weighted by molar-refractivity contribution is 0.414. The van der Waals surface area contributed by atoms with Crippen LogP contribution in [0.2, 0.25) is 0 Å². The van der Waals surface area contributed by atoms with Gasteiger partial charge in [0, 0.05) is 13.6 Å². The fourth-order valence-electron chi connectivity index (χ4n) is 2.25. The number of nitrogens with zero attached hydrogens (tertiary/aromatic N) is 2. The number of rotatable bonds is 5. The summed E-state index contributed by atoms with van der Waals surface area (Å²) in [6.07, 6.45) is 3.04.